The normalized spacial score (nSPS) is 10.9. The molecule has 4 aromatic rings. The number of methoxy groups -OCH3 is 2. The van der Waals surface area contributed by atoms with Crippen molar-refractivity contribution in [2.45, 2.75) is 39.2 Å². The van der Waals surface area contributed by atoms with Gasteiger partial charge in [-0.05, 0) is 29.7 Å². The van der Waals surface area contributed by atoms with E-state index in [1.807, 2.05) is 41.2 Å². The topological polar surface area (TPSA) is 91.4 Å². The summed E-state index contributed by atoms with van der Waals surface area (Å²) in [5.74, 6) is 1.17. The van der Waals surface area contributed by atoms with E-state index in [0.717, 1.165) is 24.0 Å². The van der Waals surface area contributed by atoms with Gasteiger partial charge in [0.05, 0.1) is 32.5 Å². The van der Waals surface area contributed by atoms with Gasteiger partial charge in [0, 0.05) is 19.0 Å². The van der Waals surface area contributed by atoms with Crippen molar-refractivity contribution in [2.24, 2.45) is 0 Å². The Balaban J connectivity index is 1.77. The number of aromatic nitrogens is 4. The number of benzene rings is 2. The average Bonchev–Trinajstić information content (AvgIpc) is 3.32. The van der Waals surface area contributed by atoms with E-state index < -0.39 is 0 Å². The molecule has 0 radical (unpaired) electrons. The van der Waals surface area contributed by atoms with Crippen molar-refractivity contribution in [3.05, 3.63) is 93.8 Å². The molecule has 0 aliphatic carbocycles. The highest BCUT2D eigenvalue weighted by Crippen LogP contribution is 2.33. The number of aromatic hydroxyl groups is 1. The zero-order valence-electron chi connectivity index (χ0n) is 20.3. The first kappa shape index (κ1) is 24.1. The molecule has 0 aliphatic heterocycles. The van der Waals surface area contributed by atoms with Crippen LogP contribution in [0.5, 0.6) is 17.4 Å². The molecule has 1 N–H and O–H groups in total. The summed E-state index contributed by atoms with van der Waals surface area (Å²) < 4.78 is 14.4. The highest BCUT2D eigenvalue weighted by molar-refractivity contribution is 5.58. The number of ether oxygens (including phenoxy) is 2. The first-order valence-corrected chi connectivity index (χ1v) is 11.7. The summed E-state index contributed by atoms with van der Waals surface area (Å²) in [7, 11) is 3.09. The lowest BCUT2D eigenvalue weighted by molar-refractivity contribution is 0.387. The van der Waals surface area contributed by atoms with Gasteiger partial charge >= 0.3 is 0 Å². The lowest BCUT2D eigenvalue weighted by Gasteiger charge is -2.19. The quantitative estimate of drug-likeness (QED) is 0.372. The van der Waals surface area contributed by atoms with Crippen LogP contribution in [-0.4, -0.2) is 38.7 Å². The van der Waals surface area contributed by atoms with Crippen LogP contribution in [0, 0.1) is 0 Å². The predicted molar refractivity (Wildman–Crippen MR) is 134 cm³/mol. The third-order valence-corrected chi connectivity index (χ3v) is 5.86. The van der Waals surface area contributed by atoms with Gasteiger partial charge < -0.3 is 14.6 Å². The largest absolute Gasteiger partial charge is 0.494 e. The van der Waals surface area contributed by atoms with Gasteiger partial charge in [0.25, 0.3) is 5.56 Å². The Morgan fingerprint density at radius 3 is 2.34 bits per heavy atom. The Kier molecular flexibility index (Phi) is 7.50. The van der Waals surface area contributed by atoms with Gasteiger partial charge in [-0.3, -0.25) is 14.0 Å². The monoisotopic (exact) mass is 474 g/mol. The number of rotatable bonds is 10. The summed E-state index contributed by atoms with van der Waals surface area (Å²) in [5.41, 5.74) is 2.23. The molecule has 0 unspecified atom stereocenters. The fraction of sp³-hybridized carbons (Fsp3) is 0.296. The molecule has 0 saturated carbocycles. The minimum Gasteiger partial charge on any atom is -0.494 e. The fourth-order valence-corrected chi connectivity index (χ4v) is 4.09. The van der Waals surface area contributed by atoms with Crippen molar-refractivity contribution in [1.29, 1.82) is 0 Å². The van der Waals surface area contributed by atoms with Gasteiger partial charge in [-0.2, -0.15) is 10.1 Å². The first-order chi connectivity index (χ1) is 17.0. The predicted octanol–water partition coefficient (Wildman–Crippen LogP) is 4.13. The highest BCUT2D eigenvalue weighted by atomic mass is 16.5. The molecule has 0 aliphatic rings. The van der Waals surface area contributed by atoms with Crippen molar-refractivity contribution in [3.63, 3.8) is 0 Å². The molecule has 0 spiro atoms. The fourth-order valence-electron chi connectivity index (χ4n) is 4.09. The molecule has 0 bridgehead atoms. The molecule has 0 amide bonds. The van der Waals surface area contributed by atoms with Gasteiger partial charge in [-0.1, -0.05) is 49.7 Å². The van der Waals surface area contributed by atoms with Gasteiger partial charge in [0.1, 0.15) is 23.0 Å². The van der Waals surface area contributed by atoms with E-state index >= 15 is 0 Å². The van der Waals surface area contributed by atoms with E-state index in [1.54, 1.807) is 38.6 Å². The van der Waals surface area contributed by atoms with E-state index in [-0.39, 0.29) is 23.4 Å². The van der Waals surface area contributed by atoms with E-state index in [9.17, 15) is 9.90 Å². The zero-order valence-corrected chi connectivity index (χ0v) is 20.3. The molecule has 182 valence electrons. The summed E-state index contributed by atoms with van der Waals surface area (Å²) in [6, 6.07) is 15.3. The van der Waals surface area contributed by atoms with Crippen LogP contribution in [0.25, 0.3) is 5.69 Å². The second-order valence-electron chi connectivity index (χ2n) is 8.29. The molecule has 8 heteroatoms. The molecule has 35 heavy (non-hydrogen) atoms. The standard InChI is InChI=1S/C27H30N4O4/c1-4-5-14-24-29-26(32)21(15-20-16-28-30(18-20)17-19-10-7-6-8-11-19)27(33)31(24)25-22(34-2)12-9-13-23(25)35-3/h6-13,16,18,32H,4-5,14-15,17H2,1-3H3. The summed E-state index contributed by atoms with van der Waals surface area (Å²) in [4.78, 5) is 18.3. The third kappa shape index (κ3) is 5.21. The number of para-hydroxylation sites is 1. The maximum atomic E-state index is 13.8. The molecule has 0 atom stereocenters. The molecule has 0 fully saturated rings. The van der Waals surface area contributed by atoms with Gasteiger partial charge in [-0.15, -0.1) is 0 Å². The van der Waals surface area contributed by atoms with E-state index in [4.69, 9.17) is 9.47 Å². The molecule has 2 heterocycles. The van der Waals surface area contributed by atoms with Crippen LogP contribution < -0.4 is 15.0 Å². The summed E-state index contributed by atoms with van der Waals surface area (Å²) in [6.07, 6.45) is 6.04. The van der Waals surface area contributed by atoms with Crippen LogP contribution in [0.3, 0.4) is 0 Å². The smallest absolute Gasteiger partial charge is 0.265 e. The summed E-state index contributed by atoms with van der Waals surface area (Å²) in [6.45, 7) is 2.68. The van der Waals surface area contributed by atoms with Crippen LogP contribution in [0.4, 0.5) is 0 Å². The van der Waals surface area contributed by atoms with Crippen LogP contribution in [0.2, 0.25) is 0 Å². The zero-order chi connectivity index (χ0) is 24.8. The Labute approximate surface area is 204 Å². The minimum atomic E-state index is -0.359. The van der Waals surface area contributed by atoms with Crippen molar-refractivity contribution in [3.8, 4) is 23.1 Å². The van der Waals surface area contributed by atoms with Crippen molar-refractivity contribution < 1.29 is 14.6 Å². The van der Waals surface area contributed by atoms with Crippen LogP contribution in [-0.2, 0) is 19.4 Å². The van der Waals surface area contributed by atoms with Crippen molar-refractivity contribution in [1.82, 2.24) is 19.3 Å². The molecule has 8 nitrogen and oxygen atoms in total. The van der Waals surface area contributed by atoms with E-state index in [2.05, 4.69) is 17.0 Å². The number of hydrogen-bond donors (Lipinski definition) is 1. The first-order valence-electron chi connectivity index (χ1n) is 11.7. The van der Waals surface area contributed by atoms with Crippen LogP contribution >= 0.6 is 0 Å². The number of aryl methyl sites for hydroxylation is 1. The Morgan fingerprint density at radius 1 is 0.971 bits per heavy atom. The van der Waals surface area contributed by atoms with Gasteiger partial charge in [-0.25, -0.2) is 0 Å². The van der Waals surface area contributed by atoms with Crippen LogP contribution in [0.1, 0.15) is 42.3 Å². The number of unbranched alkanes of at least 4 members (excludes halogenated alkanes) is 1. The maximum absolute atomic E-state index is 13.8. The second-order valence-corrected chi connectivity index (χ2v) is 8.29. The van der Waals surface area contributed by atoms with Crippen molar-refractivity contribution in [2.75, 3.05) is 14.2 Å². The van der Waals surface area contributed by atoms with E-state index in [1.165, 1.54) is 4.57 Å². The Morgan fingerprint density at radius 2 is 1.69 bits per heavy atom. The van der Waals surface area contributed by atoms with Crippen LogP contribution in [0.15, 0.2) is 65.7 Å². The molecule has 2 aromatic carbocycles. The highest BCUT2D eigenvalue weighted by Gasteiger charge is 2.23. The molecular formula is C27H30N4O4. The SMILES string of the molecule is CCCCc1nc(O)c(Cc2cnn(Cc3ccccc3)c2)c(=O)n1-c1c(OC)cccc1OC. The van der Waals surface area contributed by atoms with Gasteiger partial charge in [0.2, 0.25) is 5.88 Å². The average molecular weight is 475 g/mol. The third-order valence-electron chi connectivity index (χ3n) is 5.86. The molecule has 2 aromatic heterocycles. The molecular weight excluding hydrogens is 444 g/mol. The number of hydrogen-bond acceptors (Lipinski definition) is 6. The lowest BCUT2D eigenvalue weighted by Crippen LogP contribution is -2.28. The van der Waals surface area contributed by atoms with Crippen molar-refractivity contribution >= 4 is 0 Å². The molecule has 0 saturated heterocycles. The summed E-state index contributed by atoms with van der Waals surface area (Å²) in [5, 5.41) is 15.2. The maximum Gasteiger partial charge on any atom is 0.265 e. The van der Waals surface area contributed by atoms with Gasteiger partial charge in [0.15, 0.2) is 0 Å². The number of nitrogens with zero attached hydrogens (tertiary/aromatic N) is 4. The minimum absolute atomic E-state index is 0.192. The Bertz CT molecular complexity index is 1320. The lowest BCUT2D eigenvalue weighted by atomic mass is 10.1. The Hall–Kier alpha value is -4.07. The molecule has 4 rings (SSSR count). The second kappa shape index (κ2) is 10.9. The summed E-state index contributed by atoms with van der Waals surface area (Å²) >= 11 is 0. The van der Waals surface area contributed by atoms with E-state index in [0.29, 0.717) is 36.0 Å².